The van der Waals surface area contributed by atoms with Gasteiger partial charge in [0, 0.05) is 25.0 Å². The van der Waals surface area contributed by atoms with Crippen molar-refractivity contribution in [3.05, 3.63) is 58.4 Å². The monoisotopic (exact) mass is 282 g/mol. The number of hydrogen-bond acceptors (Lipinski definition) is 1. The van der Waals surface area contributed by atoms with Crippen LogP contribution in [-0.2, 0) is 13.0 Å². The molecule has 0 amide bonds. The Labute approximate surface area is 128 Å². The first-order valence-electron chi connectivity index (χ1n) is 8.15. The zero-order valence-corrected chi connectivity index (χ0v) is 13.4. The van der Waals surface area contributed by atoms with Crippen molar-refractivity contribution in [1.29, 1.82) is 0 Å². The molecule has 1 atom stereocenters. The van der Waals surface area contributed by atoms with Gasteiger partial charge < -0.3 is 9.88 Å². The molecule has 1 aliphatic rings. The van der Waals surface area contributed by atoms with E-state index in [1.165, 1.54) is 47.1 Å². The van der Waals surface area contributed by atoms with Crippen LogP contribution >= 0.6 is 0 Å². The smallest absolute Gasteiger partial charge is 0.0470 e. The first kappa shape index (κ1) is 14.4. The standard InChI is InChI=1S/C19H26N2/c1-4-20-19-7-5-6-17-12-21(13-18(17)19)11-16-9-8-14(2)15(3)10-16/h8-10,12-13,19-20H,4-7,11H2,1-3H3. The van der Waals surface area contributed by atoms with Gasteiger partial charge in [-0.25, -0.2) is 0 Å². The van der Waals surface area contributed by atoms with Gasteiger partial charge in [-0.05, 0) is 67.5 Å². The highest BCUT2D eigenvalue weighted by Crippen LogP contribution is 2.30. The van der Waals surface area contributed by atoms with Gasteiger partial charge >= 0.3 is 0 Å². The second kappa shape index (κ2) is 6.07. The van der Waals surface area contributed by atoms with Crippen molar-refractivity contribution in [2.75, 3.05) is 6.54 Å². The number of aromatic nitrogens is 1. The number of nitrogens with zero attached hydrogens (tertiary/aromatic N) is 1. The van der Waals surface area contributed by atoms with E-state index in [4.69, 9.17) is 0 Å². The molecule has 1 aromatic carbocycles. The summed E-state index contributed by atoms with van der Waals surface area (Å²) in [7, 11) is 0. The van der Waals surface area contributed by atoms with E-state index >= 15 is 0 Å². The van der Waals surface area contributed by atoms with Crippen LogP contribution in [0, 0.1) is 13.8 Å². The average Bonchev–Trinajstić information content (AvgIpc) is 2.87. The first-order chi connectivity index (χ1) is 10.2. The third-order valence-electron chi connectivity index (χ3n) is 4.70. The van der Waals surface area contributed by atoms with Crippen LogP contribution in [0.5, 0.6) is 0 Å². The van der Waals surface area contributed by atoms with E-state index in [1.807, 2.05) is 0 Å². The van der Waals surface area contributed by atoms with Crippen LogP contribution in [-0.4, -0.2) is 11.1 Å². The Kier molecular flexibility index (Phi) is 4.16. The first-order valence-corrected chi connectivity index (χ1v) is 8.15. The third kappa shape index (κ3) is 3.06. The predicted molar refractivity (Wildman–Crippen MR) is 88.8 cm³/mol. The fraction of sp³-hybridized carbons (Fsp3) is 0.474. The van der Waals surface area contributed by atoms with Crippen LogP contribution in [0.1, 0.15) is 53.6 Å². The molecule has 1 unspecified atom stereocenters. The minimum atomic E-state index is 0.555. The van der Waals surface area contributed by atoms with E-state index in [0.29, 0.717) is 6.04 Å². The average molecular weight is 282 g/mol. The molecule has 2 nitrogen and oxygen atoms in total. The number of benzene rings is 1. The van der Waals surface area contributed by atoms with E-state index < -0.39 is 0 Å². The molecule has 2 heteroatoms. The lowest BCUT2D eigenvalue weighted by Crippen LogP contribution is -2.23. The Bertz CT molecular complexity index is 624. The molecule has 1 N–H and O–H groups in total. The molecule has 2 aromatic rings. The zero-order chi connectivity index (χ0) is 14.8. The van der Waals surface area contributed by atoms with Gasteiger partial charge in [-0.15, -0.1) is 0 Å². The molecule has 0 saturated heterocycles. The van der Waals surface area contributed by atoms with E-state index in [9.17, 15) is 0 Å². The van der Waals surface area contributed by atoms with Crippen molar-refractivity contribution < 1.29 is 0 Å². The van der Waals surface area contributed by atoms with Crippen molar-refractivity contribution in [2.24, 2.45) is 0 Å². The fourth-order valence-electron chi connectivity index (χ4n) is 3.41. The van der Waals surface area contributed by atoms with Gasteiger partial charge in [0.05, 0.1) is 0 Å². The van der Waals surface area contributed by atoms with Crippen LogP contribution in [0.3, 0.4) is 0 Å². The SMILES string of the molecule is CCNC1CCCc2cn(Cc3ccc(C)c(C)c3)cc21. The Morgan fingerprint density at radius 3 is 2.81 bits per heavy atom. The molecule has 0 bridgehead atoms. The molecule has 0 aliphatic heterocycles. The van der Waals surface area contributed by atoms with Gasteiger partial charge in [0.25, 0.3) is 0 Å². The second-order valence-corrected chi connectivity index (χ2v) is 6.33. The van der Waals surface area contributed by atoms with Crippen molar-refractivity contribution in [3.63, 3.8) is 0 Å². The van der Waals surface area contributed by atoms with Crippen molar-refractivity contribution in [2.45, 2.75) is 52.6 Å². The van der Waals surface area contributed by atoms with Gasteiger partial charge in [0.15, 0.2) is 0 Å². The van der Waals surface area contributed by atoms with Gasteiger partial charge in [0.1, 0.15) is 0 Å². The summed E-state index contributed by atoms with van der Waals surface area (Å²) in [5.41, 5.74) is 7.21. The molecule has 3 rings (SSSR count). The summed E-state index contributed by atoms with van der Waals surface area (Å²) in [4.78, 5) is 0. The largest absolute Gasteiger partial charge is 0.349 e. The van der Waals surface area contributed by atoms with Crippen LogP contribution in [0.15, 0.2) is 30.6 Å². The van der Waals surface area contributed by atoms with Gasteiger partial charge in [-0.2, -0.15) is 0 Å². The summed E-state index contributed by atoms with van der Waals surface area (Å²) in [5.74, 6) is 0. The maximum Gasteiger partial charge on any atom is 0.0470 e. The normalized spacial score (nSPS) is 17.8. The van der Waals surface area contributed by atoms with Crippen molar-refractivity contribution in [1.82, 2.24) is 9.88 Å². The Hall–Kier alpha value is -1.54. The molecule has 1 aliphatic carbocycles. The molecule has 0 saturated carbocycles. The molecule has 0 fully saturated rings. The molecule has 112 valence electrons. The highest BCUT2D eigenvalue weighted by atomic mass is 15.0. The van der Waals surface area contributed by atoms with E-state index in [0.717, 1.165) is 13.1 Å². The minimum absolute atomic E-state index is 0.555. The summed E-state index contributed by atoms with van der Waals surface area (Å²) in [6.45, 7) is 8.59. The maximum atomic E-state index is 3.62. The topological polar surface area (TPSA) is 17.0 Å². The molecule has 21 heavy (non-hydrogen) atoms. The highest BCUT2D eigenvalue weighted by Gasteiger charge is 2.21. The summed E-state index contributed by atoms with van der Waals surface area (Å²) in [5, 5.41) is 3.62. The summed E-state index contributed by atoms with van der Waals surface area (Å²) in [6.07, 6.45) is 8.52. The van der Waals surface area contributed by atoms with Crippen LogP contribution in [0.4, 0.5) is 0 Å². The minimum Gasteiger partial charge on any atom is -0.349 e. The Morgan fingerprint density at radius 1 is 1.19 bits per heavy atom. The number of aryl methyl sites for hydroxylation is 3. The van der Waals surface area contributed by atoms with Gasteiger partial charge in [0.2, 0.25) is 0 Å². The number of fused-ring (bicyclic) bond motifs is 1. The number of rotatable bonds is 4. The van der Waals surface area contributed by atoms with Gasteiger partial charge in [-0.1, -0.05) is 25.1 Å². The summed E-state index contributed by atoms with van der Waals surface area (Å²) < 4.78 is 2.37. The maximum absolute atomic E-state index is 3.62. The summed E-state index contributed by atoms with van der Waals surface area (Å²) in [6, 6.07) is 7.36. The number of hydrogen-bond donors (Lipinski definition) is 1. The summed E-state index contributed by atoms with van der Waals surface area (Å²) >= 11 is 0. The molecule has 0 radical (unpaired) electrons. The van der Waals surface area contributed by atoms with Crippen LogP contribution < -0.4 is 5.32 Å². The van der Waals surface area contributed by atoms with E-state index in [1.54, 1.807) is 0 Å². The highest BCUT2D eigenvalue weighted by molar-refractivity contribution is 5.33. The quantitative estimate of drug-likeness (QED) is 0.892. The Balaban J connectivity index is 1.82. The second-order valence-electron chi connectivity index (χ2n) is 6.33. The van der Waals surface area contributed by atoms with Crippen molar-refractivity contribution in [3.8, 4) is 0 Å². The van der Waals surface area contributed by atoms with E-state index in [-0.39, 0.29) is 0 Å². The molecular formula is C19H26N2. The number of nitrogens with one attached hydrogen (secondary N) is 1. The molecule has 1 heterocycles. The molecule has 1 aromatic heterocycles. The lowest BCUT2D eigenvalue weighted by atomic mass is 9.91. The zero-order valence-electron chi connectivity index (χ0n) is 13.4. The van der Waals surface area contributed by atoms with E-state index in [2.05, 4.69) is 61.2 Å². The Morgan fingerprint density at radius 2 is 2.05 bits per heavy atom. The predicted octanol–water partition coefficient (Wildman–Crippen LogP) is 4.14. The lowest BCUT2D eigenvalue weighted by Gasteiger charge is -2.22. The van der Waals surface area contributed by atoms with Gasteiger partial charge in [-0.3, -0.25) is 0 Å². The lowest BCUT2D eigenvalue weighted by molar-refractivity contribution is 0.473. The third-order valence-corrected chi connectivity index (χ3v) is 4.70. The molecular weight excluding hydrogens is 256 g/mol. The van der Waals surface area contributed by atoms with Crippen molar-refractivity contribution >= 4 is 0 Å². The van der Waals surface area contributed by atoms with Crippen LogP contribution in [0.25, 0.3) is 0 Å². The molecule has 0 spiro atoms. The fourth-order valence-corrected chi connectivity index (χ4v) is 3.41. The van der Waals surface area contributed by atoms with Crippen LogP contribution in [0.2, 0.25) is 0 Å².